The number of unbranched alkanes of at least 4 members (excludes halogenated alkanes) is 1. The molecule has 0 saturated carbocycles. The fourth-order valence-corrected chi connectivity index (χ4v) is 2.16. The minimum Gasteiger partial charge on any atom is -0.286 e. The summed E-state index contributed by atoms with van der Waals surface area (Å²) in [6.07, 6.45) is 2.18. The maximum absolute atomic E-state index is 11.7. The molecule has 112 valence electrons. The number of nitrogens with one attached hydrogen (secondary N) is 1. The van der Waals surface area contributed by atoms with E-state index in [-0.39, 0.29) is 22.7 Å². The van der Waals surface area contributed by atoms with E-state index < -0.39 is 10.1 Å². The first-order valence-corrected chi connectivity index (χ1v) is 7.98. The van der Waals surface area contributed by atoms with E-state index in [1.165, 1.54) is 0 Å². The van der Waals surface area contributed by atoms with Gasteiger partial charge in [0.1, 0.15) is 13.1 Å². The molecule has 0 rings (SSSR count). The minimum absolute atomic E-state index is 0.245. The molecule has 0 aromatic heterocycles. The Labute approximate surface area is 115 Å². The van der Waals surface area contributed by atoms with Gasteiger partial charge in [0.05, 0.1) is 12.8 Å². The van der Waals surface area contributed by atoms with Crippen LogP contribution in [0.4, 0.5) is 0 Å². The van der Waals surface area contributed by atoms with Crippen LogP contribution in [0.3, 0.4) is 0 Å². The van der Waals surface area contributed by atoms with Gasteiger partial charge in [0.25, 0.3) is 16.0 Å². The number of nitrogens with zero attached hydrogens (tertiary/aromatic N) is 1. The van der Waals surface area contributed by atoms with Crippen LogP contribution in [0.5, 0.6) is 0 Å². The Kier molecular flexibility index (Phi) is 7.25. The van der Waals surface area contributed by atoms with Crippen molar-refractivity contribution in [3.05, 3.63) is 12.2 Å². The van der Waals surface area contributed by atoms with Gasteiger partial charge in [-0.3, -0.25) is 9.35 Å². The first kappa shape index (κ1) is 18.1. The Morgan fingerprint density at radius 2 is 1.84 bits per heavy atom. The van der Waals surface area contributed by atoms with Crippen LogP contribution in [0.1, 0.15) is 33.1 Å². The molecule has 0 fully saturated rings. The second kappa shape index (κ2) is 7.62. The largest absolute Gasteiger partial charge is 0.290 e. The molecule has 0 heterocycles. The molecular weight excluding hydrogens is 268 g/mol. The van der Waals surface area contributed by atoms with Crippen molar-refractivity contribution >= 4 is 16.0 Å². The Bertz CT molecular complexity index is 419. The van der Waals surface area contributed by atoms with Crippen LogP contribution >= 0.6 is 0 Å². The zero-order chi connectivity index (χ0) is 15.1. The smallest absolute Gasteiger partial charge is 0.286 e. The van der Waals surface area contributed by atoms with Gasteiger partial charge in [-0.1, -0.05) is 19.9 Å². The van der Waals surface area contributed by atoms with Gasteiger partial charge in [-0.15, -0.1) is 0 Å². The second-order valence-corrected chi connectivity index (χ2v) is 6.63. The Morgan fingerprint density at radius 3 is 2.26 bits per heavy atom. The van der Waals surface area contributed by atoms with Crippen molar-refractivity contribution in [3.8, 4) is 0 Å². The predicted molar refractivity (Wildman–Crippen MR) is 74.8 cm³/mol. The van der Waals surface area contributed by atoms with Crippen LogP contribution in [0.25, 0.3) is 0 Å². The van der Waals surface area contributed by atoms with Gasteiger partial charge in [-0.2, -0.15) is 13.8 Å². The molecule has 0 bridgehead atoms. The lowest BCUT2D eigenvalue weighted by atomic mass is 10.3. The first-order valence-electron chi connectivity index (χ1n) is 6.37. The van der Waals surface area contributed by atoms with E-state index in [0.29, 0.717) is 18.7 Å². The van der Waals surface area contributed by atoms with Crippen molar-refractivity contribution in [3.63, 3.8) is 0 Å². The molecule has 0 aliphatic heterocycles. The zero-order valence-electron chi connectivity index (χ0n) is 12.0. The van der Waals surface area contributed by atoms with Crippen molar-refractivity contribution in [1.82, 2.24) is 5.43 Å². The maximum Gasteiger partial charge on any atom is 0.290 e. The summed E-state index contributed by atoms with van der Waals surface area (Å²) < 4.78 is 30.4. The van der Waals surface area contributed by atoms with E-state index in [9.17, 15) is 13.2 Å². The SMILES string of the molecule is C=C(C)C(=O)N[N+](C)(CCCC)CCCS(=O)(=O)O. The van der Waals surface area contributed by atoms with E-state index >= 15 is 0 Å². The Balaban J connectivity index is 4.58. The van der Waals surface area contributed by atoms with Crippen molar-refractivity contribution in [2.75, 3.05) is 25.9 Å². The van der Waals surface area contributed by atoms with Gasteiger partial charge >= 0.3 is 0 Å². The molecule has 0 aliphatic rings. The molecule has 0 aromatic carbocycles. The summed E-state index contributed by atoms with van der Waals surface area (Å²) in [7, 11) is -2.12. The van der Waals surface area contributed by atoms with Crippen molar-refractivity contribution in [2.45, 2.75) is 33.1 Å². The van der Waals surface area contributed by atoms with E-state index in [2.05, 4.69) is 12.0 Å². The summed E-state index contributed by atoms with van der Waals surface area (Å²) >= 11 is 0. The van der Waals surface area contributed by atoms with Gasteiger partial charge in [0, 0.05) is 12.0 Å². The molecule has 1 atom stereocenters. The predicted octanol–water partition coefficient (Wildman–Crippen LogP) is 1.12. The third-order valence-electron chi connectivity index (χ3n) is 2.82. The van der Waals surface area contributed by atoms with Gasteiger partial charge < -0.3 is 0 Å². The molecule has 0 radical (unpaired) electrons. The molecule has 6 nitrogen and oxygen atoms in total. The number of amides is 1. The van der Waals surface area contributed by atoms with Crippen LogP contribution < -0.4 is 5.43 Å². The molecular formula is C12H25N2O4S+. The molecule has 0 aliphatic carbocycles. The second-order valence-electron chi connectivity index (χ2n) is 5.06. The monoisotopic (exact) mass is 293 g/mol. The van der Waals surface area contributed by atoms with Gasteiger partial charge in [-0.05, 0) is 13.3 Å². The zero-order valence-corrected chi connectivity index (χ0v) is 12.8. The Morgan fingerprint density at radius 1 is 1.32 bits per heavy atom. The molecule has 0 saturated heterocycles. The fourth-order valence-electron chi connectivity index (χ4n) is 1.67. The number of carbonyl (C=O) groups excluding carboxylic acids is 1. The topological polar surface area (TPSA) is 83.5 Å². The van der Waals surface area contributed by atoms with Crippen LogP contribution in [0.15, 0.2) is 12.2 Å². The number of rotatable bonds is 9. The average Bonchev–Trinajstić information content (AvgIpc) is 2.24. The van der Waals surface area contributed by atoms with Gasteiger partial charge in [0.15, 0.2) is 0 Å². The highest BCUT2D eigenvalue weighted by molar-refractivity contribution is 7.85. The molecule has 7 heteroatoms. The molecule has 19 heavy (non-hydrogen) atoms. The van der Waals surface area contributed by atoms with E-state index in [1.54, 1.807) is 6.92 Å². The van der Waals surface area contributed by atoms with Crippen molar-refractivity contribution < 1.29 is 22.4 Å². The van der Waals surface area contributed by atoms with E-state index in [0.717, 1.165) is 12.8 Å². The molecule has 0 aromatic rings. The summed E-state index contributed by atoms with van der Waals surface area (Å²) in [5.41, 5.74) is 3.25. The summed E-state index contributed by atoms with van der Waals surface area (Å²) in [4.78, 5) is 11.7. The first-order chi connectivity index (χ1) is 8.59. The quantitative estimate of drug-likeness (QED) is 0.289. The minimum atomic E-state index is -3.95. The third kappa shape index (κ3) is 8.74. The van der Waals surface area contributed by atoms with Crippen molar-refractivity contribution in [2.24, 2.45) is 0 Å². The molecule has 1 unspecified atom stereocenters. The summed E-state index contributed by atoms with van der Waals surface area (Å²) in [6, 6.07) is 0. The highest BCUT2D eigenvalue weighted by Gasteiger charge is 2.25. The number of carbonyl (C=O) groups is 1. The summed E-state index contributed by atoms with van der Waals surface area (Å²) in [5, 5.41) is 0. The van der Waals surface area contributed by atoms with E-state index in [4.69, 9.17) is 4.55 Å². The summed E-state index contributed by atoms with van der Waals surface area (Å²) in [6.45, 7) is 8.40. The molecule has 2 N–H and O–H groups in total. The third-order valence-corrected chi connectivity index (χ3v) is 3.62. The lowest BCUT2D eigenvalue weighted by Gasteiger charge is -2.33. The molecule has 1 amide bonds. The standard InChI is InChI=1S/C12H24N2O4S/c1-5-6-8-14(4,13-12(15)11(2)3)9-7-10-19(16,17)18/h2,5-10H2,1,3-4H3,(H-,13,15,16,17,18)/p+1. The molecule has 0 spiro atoms. The number of hydrogen-bond acceptors (Lipinski definition) is 3. The fraction of sp³-hybridized carbons (Fsp3) is 0.750. The maximum atomic E-state index is 11.7. The highest BCUT2D eigenvalue weighted by atomic mass is 32.2. The van der Waals surface area contributed by atoms with Gasteiger partial charge in [0.2, 0.25) is 0 Å². The van der Waals surface area contributed by atoms with Gasteiger partial charge in [-0.25, -0.2) is 4.59 Å². The van der Waals surface area contributed by atoms with Crippen LogP contribution in [-0.4, -0.2) is 49.4 Å². The van der Waals surface area contributed by atoms with E-state index in [1.807, 2.05) is 14.0 Å². The number of hydrogen-bond donors (Lipinski definition) is 2. The summed E-state index contributed by atoms with van der Waals surface area (Å²) in [5.74, 6) is -0.541. The van der Waals surface area contributed by atoms with Crippen LogP contribution in [0, 0.1) is 0 Å². The normalized spacial score (nSPS) is 14.7. The Hall–Kier alpha value is -0.920. The van der Waals surface area contributed by atoms with Crippen LogP contribution in [0.2, 0.25) is 0 Å². The number of quaternary nitrogens is 1. The average molecular weight is 293 g/mol. The highest BCUT2D eigenvalue weighted by Crippen LogP contribution is 2.06. The van der Waals surface area contributed by atoms with Crippen molar-refractivity contribution in [1.29, 1.82) is 0 Å². The lowest BCUT2D eigenvalue weighted by molar-refractivity contribution is -0.943. The van der Waals surface area contributed by atoms with Crippen LogP contribution in [-0.2, 0) is 14.9 Å². The lowest BCUT2D eigenvalue weighted by Crippen LogP contribution is -2.58.